The van der Waals surface area contributed by atoms with Crippen molar-refractivity contribution >= 4 is 29.4 Å². The van der Waals surface area contributed by atoms with Gasteiger partial charge in [-0.1, -0.05) is 24.3 Å². The van der Waals surface area contributed by atoms with Gasteiger partial charge in [0.05, 0.1) is 25.2 Å². The number of hydrogen-bond acceptors (Lipinski definition) is 7. The van der Waals surface area contributed by atoms with Gasteiger partial charge in [0.25, 0.3) is 5.91 Å². The molecule has 0 bridgehead atoms. The fraction of sp³-hybridized carbons (Fsp3) is 0.243. The average molecular weight is 637 g/mol. The van der Waals surface area contributed by atoms with E-state index >= 15 is 0 Å². The van der Waals surface area contributed by atoms with Gasteiger partial charge in [-0.15, -0.1) is 0 Å². The minimum atomic E-state index is -1.16. The smallest absolute Gasteiger partial charge is 0.343 e. The molecule has 10 nitrogen and oxygen atoms in total. The van der Waals surface area contributed by atoms with E-state index in [9.17, 15) is 24.3 Å². The number of amides is 2. The molecule has 0 aromatic heterocycles. The maximum absolute atomic E-state index is 13.3. The van der Waals surface area contributed by atoms with Gasteiger partial charge in [-0.25, -0.2) is 4.79 Å². The number of hydrogen-bond donors (Lipinski definition) is 2. The number of nitrogens with one attached hydrogen (secondary N) is 1. The van der Waals surface area contributed by atoms with Gasteiger partial charge in [0.15, 0.2) is 0 Å². The Morgan fingerprint density at radius 3 is 1.94 bits per heavy atom. The maximum atomic E-state index is 13.3. The summed E-state index contributed by atoms with van der Waals surface area (Å²) in [5.74, 6) is -0.657. The average Bonchev–Trinajstić information content (AvgIpc) is 3.59. The van der Waals surface area contributed by atoms with Crippen molar-refractivity contribution in [1.29, 1.82) is 0 Å². The molecule has 1 fully saturated rings. The van der Waals surface area contributed by atoms with Crippen molar-refractivity contribution in [1.82, 2.24) is 4.90 Å². The highest BCUT2D eigenvalue weighted by molar-refractivity contribution is 5.97. The molecule has 4 aromatic rings. The Morgan fingerprint density at radius 1 is 0.745 bits per heavy atom. The third-order valence-corrected chi connectivity index (χ3v) is 7.75. The lowest BCUT2D eigenvalue weighted by Crippen LogP contribution is -2.35. The molecule has 0 heterocycles. The van der Waals surface area contributed by atoms with Gasteiger partial charge in [-0.3, -0.25) is 14.4 Å². The van der Waals surface area contributed by atoms with Gasteiger partial charge in [0.1, 0.15) is 23.8 Å². The summed E-state index contributed by atoms with van der Waals surface area (Å²) in [6.45, 7) is -0.501. The van der Waals surface area contributed by atoms with Crippen molar-refractivity contribution in [3.63, 3.8) is 0 Å². The molecule has 1 aliphatic carbocycles. The quantitative estimate of drug-likeness (QED) is 0.132. The summed E-state index contributed by atoms with van der Waals surface area (Å²) >= 11 is 0. The third kappa shape index (κ3) is 9.43. The molecular formula is C37H36N2O8. The second-order valence-electron chi connectivity index (χ2n) is 11.3. The maximum Gasteiger partial charge on any atom is 0.343 e. The molecule has 2 amide bonds. The van der Waals surface area contributed by atoms with E-state index in [0.29, 0.717) is 28.3 Å². The van der Waals surface area contributed by atoms with Crippen LogP contribution in [0.15, 0.2) is 97.1 Å². The molecule has 0 aliphatic heterocycles. The van der Waals surface area contributed by atoms with Crippen LogP contribution in [0.1, 0.15) is 57.5 Å². The Labute approximate surface area is 272 Å². The van der Waals surface area contributed by atoms with Crippen molar-refractivity contribution in [2.75, 3.05) is 19.0 Å². The highest BCUT2D eigenvalue weighted by atomic mass is 16.5. The molecule has 10 heteroatoms. The zero-order valence-electron chi connectivity index (χ0n) is 26.0. The van der Waals surface area contributed by atoms with E-state index in [4.69, 9.17) is 14.2 Å². The fourth-order valence-corrected chi connectivity index (χ4v) is 5.29. The van der Waals surface area contributed by atoms with Crippen LogP contribution in [0.4, 0.5) is 5.69 Å². The molecule has 0 unspecified atom stereocenters. The molecule has 1 aliphatic rings. The first-order chi connectivity index (χ1) is 22.7. The number of esters is 1. The molecule has 0 radical (unpaired) electrons. The van der Waals surface area contributed by atoms with E-state index in [1.807, 2.05) is 12.1 Å². The van der Waals surface area contributed by atoms with Crippen molar-refractivity contribution in [2.24, 2.45) is 0 Å². The Bertz CT molecular complexity index is 1680. The zero-order valence-corrected chi connectivity index (χ0v) is 26.0. The van der Waals surface area contributed by atoms with E-state index in [0.717, 1.165) is 24.2 Å². The second-order valence-corrected chi connectivity index (χ2v) is 11.3. The molecule has 0 spiro atoms. The van der Waals surface area contributed by atoms with Crippen LogP contribution in [0.25, 0.3) is 0 Å². The monoisotopic (exact) mass is 636 g/mol. The van der Waals surface area contributed by atoms with Crippen molar-refractivity contribution in [2.45, 2.75) is 44.8 Å². The molecule has 242 valence electrons. The molecule has 47 heavy (non-hydrogen) atoms. The van der Waals surface area contributed by atoms with E-state index in [2.05, 4.69) is 5.32 Å². The van der Waals surface area contributed by atoms with Gasteiger partial charge in [0.2, 0.25) is 5.91 Å². The summed E-state index contributed by atoms with van der Waals surface area (Å²) in [6.07, 6.45) is 4.82. The van der Waals surface area contributed by atoms with Crippen LogP contribution in [-0.4, -0.2) is 53.5 Å². The molecule has 5 rings (SSSR count). The number of aliphatic carboxylic acids is 1. The Kier molecular flexibility index (Phi) is 10.9. The summed E-state index contributed by atoms with van der Waals surface area (Å²) in [5.41, 5.74) is 2.62. The Balaban J connectivity index is 1.15. The van der Waals surface area contributed by atoms with Crippen molar-refractivity contribution in [3.8, 4) is 17.2 Å². The lowest BCUT2D eigenvalue weighted by atomic mass is 10.1. The summed E-state index contributed by atoms with van der Waals surface area (Å²) in [4.78, 5) is 51.3. The van der Waals surface area contributed by atoms with Crippen LogP contribution >= 0.6 is 0 Å². The minimum Gasteiger partial charge on any atom is -0.497 e. The number of carbonyl (C=O) groups excluding carboxylic acids is 3. The number of carboxylic acid groups (broad SMARTS) is 1. The lowest BCUT2D eigenvalue weighted by Gasteiger charge is -2.21. The van der Waals surface area contributed by atoms with Crippen LogP contribution in [0.3, 0.4) is 0 Å². The zero-order chi connectivity index (χ0) is 33.2. The van der Waals surface area contributed by atoms with Crippen molar-refractivity contribution in [3.05, 3.63) is 119 Å². The van der Waals surface area contributed by atoms with Crippen molar-refractivity contribution < 1.29 is 38.5 Å². The standard InChI is InChI=1S/C37H36N2O8/c1-45-30-16-6-25(7-17-30)22-34(40)38-29-14-10-27(11-15-29)36(43)39(24-35(41)42)23-26-8-18-33(19-9-26)47-37(44)28-12-20-32(21-13-28)46-31-4-2-3-5-31/h6-21,31H,2-5,22-24H2,1H3,(H,38,40)(H,41,42). The fourth-order valence-electron chi connectivity index (χ4n) is 5.29. The van der Waals surface area contributed by atoms with Gasteiger partial charge in [0, 0.05) is 17.8 Å². The van der Waals surface area contributed by atoms with E-state index in [-0.39, 0.29) is 30.5 Å². The number of nitrogens with zero attached hydrogens (tertiary/aromatic N) is 1. The largest absolute Gasteiger partial charge is 0.497 e. The second kappa shape index (κ2) is 15.6. The number of anilines is 1. The Morgan fingerprint density at radius 2 is 1.32 bits per heavy atom. The van der Waals surface area contributed by atoms with Gasteiger partial charge in [-0.2, -0.15) is 0 Å². The van der Waals surface area contributed by atoms with Crippen LogP contribution in [-0.2, 0) is 22.6 Å². The predicted octanol–water partition coefficient (Wildman–Crippen LogP) is 6.14. The number of carboxylic acids is 1. The normalized spacial score (nSPS) is 12.6. The van der Waals surface area contributed by atoms with Crippen LogP contribution in [0.5, 0.6) is 17.2 Å². The SMILES string of the molecule is COc1ccc(CC(=O)Nc2ccc(C(=O)N(CC(=O)O)Cc3ccc(OC(=O)c4ccc(OC5CCCC5)cc4)cc3)cc2)cc1. The first-order valence-corrected chi connectivity index (χ1v) is 15.4. The molecular weight excluding hydrogens is 600 g/mol. The van der Waals surface area contributed by atoms with Crippen LogP contribution in [0.2, 0.25) is 0 Å². The summed E-state index contributed by atoms with van der Waals surface area (Å²) in [5, 5.41) is 12.3. The van der Waals surface area contributed by atoms with Gasteiger partial charge >= 0.3 is 11.9 Å². The molecule has 0 atom stereocenters. The molecule has 1 saturated carbocycles. The molecule has 4 aromatic carbocycles. The van der Waals surface area contributed by atoms with E-state index < -0.39 is 24.4 Å². The highest BCUT2D eigenvalue weighted by Gasteiger charge is 2.20. The van der Waals surface area contributed by atoms with Crippen LogP contribution < -0.4 is 19.5 Å². The number of methoxy groups -OCH3 is 1. The summed E-state index contributed by atoms with van der Waals surface area (Å²) < 4.78 is 16.6. The van der Waals surface area contributed by atoms with Gasteiger partial charge < -0.3 is 29.5 Å². The molecule has 0 saturated heterocycles. The topological polar surface area (TPSA) is 131 Å². The number of rotatable bonds is 13. The first-order valence-electron chi connectivity index (χ1n) is 15.4. The van der Waals surface area contributed by atoms with E-state index in [1.54, 1.807) is 79.9 Å². The summed E-state index contributed by atoms with van der Waals surface area (Å²) in [7, 11) is 1.57. The number of ether oxygens (including phenoxy) is 3. The number of benzene rings is 4. The lowest BCUT2D eigenvalue weighted by molar-refractivity contribution is -0.137. The first kappa shape index (κ1) is 32.7. The van der Waals surface area contributed by atoms with E-state index in [1.165, 1.54) is 29.9 Å². The predicted molar refractivity (Wildman–Crippen MR) is 175 cm³/mol. The number of carbonyl (C=O) groups is 4. The third-order valence-electron chi connectivity index (χ3n) is 7.75. The molecule has 2 N–H and O–H groups in total. The Hall–Kier alpha value is -5.64. The highest BCUT2D eigenvalue weighted by Crippen LogP contribution is 2.25. The van der Waals surface area contributed by atoms with Gasteiger partial charge in [-0.05, 0) is 110 Å². The summed E-state index contributed by atoms with van der Waals surface area (Å²) in [6, 6.07) is 26.8. The minimum absolute atomic E-state index is 0.0160. The van der Waals surface area contributed by atoms with Crippen LogP contribution in [0, 0.1) is 0 Å².